The molecule has 128 valence electrons. The fourth-order valence-electron chi connectivity index (χ4n) is 2.09. The van der Waals surface area contributed by atoms with Crippen LogP contribution in [0, 0.1) is 5.92 Å². The fraction of sp³-hybridized carbons (Fsp3) is 0.125. The highest BCUT2D eigenvalue weighted by Gasteiger charge is 2.20. The predicted octanol–water partition coefficient (Wildman–Crippen LogP) is 1.99. The number of carboxylic acid groups (broad SMARTS) is 1. The van der Waals surface area contributed by atoms with Crippen molar-refractivity contribution in [1.29, 1.82) is 0 Å². The number of aromatic amines is 1. The molecule has 0 spiro atoms. The molecule has 9 heteroatoms. The number of hydrogen-bond acceptors (Lipinski definition) is 6. The van der Waals surface area contributed by atoms with Crippen LogP contribution in [0.25, 0.3) is 11.0 Å². The summed E-state index contributed by atoms with van der Waals surface area (Å²) in [6.07, 6.45) is 1.70. The van der Waals surface area contributed by atoms with E-state index < -0.39 is 17.8 Å². The summed E-state index contributed by atoms with van der Waals surface area (Å²) in [5.74, 6) is -2.06. The van der Waals surface area contributed by atoms with Crippen molar-refractivity contribution in [1.82, 2.24) is 15.0 Å². The molecule has 0 radical (unpaired) electrons. The average molecular weight is 341 g/mol. The Balaban J connectivity index is 1.75. The van der Waals surface area contributed by atoms with E-state index in [9.17, 15) is 9.59 Å². The zero-order chi connectivity index (χ0) is 18.0. The first-order chi connectivity index (χ1) is 11.9. The standard InChI is InChI=1S/C16H15N5O4/c1-8(15(23)24)13(22)19-9-2-4-10(5-3-9)25-14-11-6-7-18-12(11)20-16(17)21-14/h2-8H,1H3,(H,19,22)(H,23,24)(H3,17,18,20,21). The molecule has 0 aliphatic carbocycles. The highest BCUT2D eigenvalue weighted by atomic mass is 16.5. The number of benzene rings is 1. The van der Waals surface area contributed by atoms with Gasteiger partial charge in [-0.15, -0.1) is 0 Å². The summed E-state index contributed by atoms with van der Waals surface area (Å²) in [5, 5.41) is 12.0. The number of fused-ring (bicyclic) bond motifs is 1. The average Bonchev–Trinajstić information content (AvgIpc) is 3.04. The molecule has 0 bridgehead atoms. The molecule has 3 rings (SSSR count). The van der Waals surface area contributed by atoms with Crippen molar-refractivity contribution in [2.24, 2.45) is 5.92 Å². The number of aromatic nitrogens is 3. The molecule has 3 aromatic rings. The van der Waals surface area contributed by atoms with Gasteiger partial charge in [-0.2, -0.15) is 9.97 Å². The number of H-pyrrole nitrogens is 1. The Morgan fingerprint density at radius 1 is 1.24 bits per heavy atom. The first-order valence-electron chi connectivity index (χ1n) is 7.36. The summed E-state index contributed by atoms with van der Waals surface area (Å²) < 4.78 is 5.72. The van der Waals surface area contributed by atoms with E-state index in [0.29, 0.717) is 28.4 Å². The molecule has 0 saturated carbocycles. The highest BCUT2D eigenvalue weighted by Crippen LogP contribution is 2.28. The smallest absolute Gasteiger partial charge is 0.315 e. The molecule has 1 aromatic carbocycles. The van der Waals surface area contributed by atoms with Gasteiger partial charge in [0.1, 0.15) is 17.3 Å². The summed E-state index contributed by atoms with van der Waals surface area (Å²) in [6.45, 7) is 1.32. The Labute approximate surface area is 141 Å². The van der Waals surface area contributed by atoms with Gasteiger partial charge in [0, 0.05) is 11.9 Å². The zero-order valence-corrected chi connectivity index (χ0v) is 13.2. The number of anilines is 2. The number of amides is 1. The third-order valence-corrected chi connectivity index (χ3v) is 3.50. The number of nitrogen functional groups attached to an aromatic ring is 1. The van der Waals surface area contributed by atoms with Crippen molar-refractivity contribution >= 4 is 34.5 Å². The van der Waals surface area contributed by atoms with E-state index in [4.69, 9.17) is 15.6 Å². The SMILES string of the molecule is CC(C(=O)O)C(=O)Nc1ccc(Oc2nc(N)nc3[nH]ccc23)cc1. The van der Waals surface area contributed by atoms with E-state index in [1.165, 1.54) is 6.92 Å². The molecule has 2 aromatic heterocycles. The number of nitrogens with one attached hydrogen (secondary N) is 2. The first kappa shape index (κ1) is 16.2. The van der Waals surface area contributed by atoms with E-state index in [-0.39, 0.29) is 5.95 Å². The van der Waals surface area contributed by atoms with Crippen molar-refractivity contribution in [2.75, 3.05) is 11.1 Å². The molecule has 1 amide bonds. The van der Waals surface area contributed by atoms with Gasteiger partial charge in [-0.3, -0.25) is 9.59 Å². The van der Waals surface area contributed by atoms with Crippen LogP contribution in [0.2, 0.25) is 0 Å². The maximum Gasteiger partial charge on any atom is 0.315 e. The summed E-state index contributed by atoms with van der Waals surface area (Å²) in [4.78, 5) is 33.6. The third-order valence-electron chi connectivity index (χ3n) is 3.50. The molecule has 9 nitrogen and oxygen atoms in total. The maximum atomic E-state index is 11.7. The minimum atomic E-state index is -1.19. The molecular formula is C16H15N5O4. The normalized spacial score (nSPS) is 11.9. The van der Waals surface area contributed by atoms with Crippen molar-refractivity contribution in [3.05, 3.63) is 36.5 Å². The summed E-state index contributed by atoms with van der Waals surface area (Å²) >= 11 is 0. The van der Waals surface area contributed by atoms with Gasteiger partial charge in [-0.05, 0) is 37.3 Å². The van der Waals surface area contributed by atoms with Crippen LogP contribution >= 0.6 is 0 Å². The molecule has 0 fully saturated rings. The van der Waals surface area contributed by atoms with Gasteiger partial charge in [0.15, 0.2) is 0 Å². The molecule has 5 N–H and O–H groups in total. The maximum absolute atomic E-state index is 11.7. The van der Waals surface area contributed by atoms with E-state index in [1.807, 2.05) is 0 Å². The largest absolute Gasteiger partial charge is 0.481 e. The number of nitrogens with two attached hydrogens (primary N) is 1. The molecular weight excluding hydrogens is 326 g/mol. The van der Waals surface area contributed by atoms with Crippen molar-refractivity contribution in [2.45, 2.75) is 6.92 Å². The second kappa shape index (κ2) is 6.48. The first-order valence-corrected chi connectivity index (χ1v) is 7.36. The molecule has 0 aliphatic rings. The number of ether oxygens (including phenoxy) is 1. The second-order valence-corrected chi connectivity index (χ2v) is 5.30. The molecule has 25 heavy (non-hydrogen) atoms. The van der Waals surface area contributed by atoms with Gasteiger partial charge in [-0.1, -0.05) is 0 Å². The van der Waals surface area contributed by atoms with Gasteiger partial charge in [-0.25, -0.2) is 0 Å². The Hall–Kier alpha value is -3.62. The number of aliphatic carboxylic acids is 1. The number of rotatable bonds is 5. The van der Waals surface area contributed by atoms with Crippen LogP contribution in [-0.4, -0.2) is 31.9 Å². The summed E-state index contributed by atoms with van der Waals surface area (Å²) in [7, 11) is 0. The number of carboxylic acids is 1. The van der Waals surface area contributed by atoms with Crippen molar-refractivity contribution in [3.8, 4) is 11.6 Å². The zero-order valence-electron chi connectivity index (χ0n) is 13.2. The minimum absolute atomic E-state index is 0.0801. The Morgan fingerprint density at radius 3 is 2.64 bits per heavy atom. The van der Waals surface area contributed by atoms with Crippen LogP contribution in [-0.2, 0) is 9.59 Å². The van der Waals surface area contributed by atoms with Crippen LogP contribution in [0.4, 0.5) is 11.6 Å². The van der Waals surface area contributed by atoms with Crippen molar-refractivity contribution in [3.63, 3.8) is 0 Å². The van der Waals surface area contributed by atoms with Crippen LogP contribution in [0.15, 0.2) is 36.5 Å². The lowest BCUT2D eigenvalue weighted by Gasteiger charge is -2.10. The number of carbonyl (C=O) groups is 2. The second-order valence-electron chi connectivity index (χ2n) is 5.30. The Morgan fingerprint density at radius 2 is 1.96 bits per heavy atom. The monoisotopic (exact) mass is 341 g/mol. The van der Waals surface area contributed by atoms with Crippen LogP contribution in [0.5, 0.6) is 11.6 Å². The van der Waals surface area contributed by atoms with Gasteiger partial charge in [0.2, 0.25) is 17.7 Å². The van der Waals surface area contributed by atoms with E-state index in [2.05, 4.69) is 20.3 Å². The molecule has 2 heterocycles. The Bertz CT molecular complexity index is 935. The van der Waals surface area contributed by atoms with Gasteiger partial charge < -0.3 is 25.9 Å². The topological polar surface area (TPSA) is 143 Å². The molecule has 1 atom stereocenters. The van der Waals surface area contributed by atoms with E-state index in [0.717, 1.165) is 0 Å². The summed E-state index contributed by atoms with van der Waals surface area (Å²) in [6, 6.07) is 8.21. The predicted molar refractivity (Wildman–Crippen MR) is 90.2 cm³/mol. The summed E-state index contributed by atoms with van der Waals surface area (Å²) in [5.41, 5.74) is 6.67. The van der Waals surface area contributed by atoms with E-state index in [1.54, 1.807) is 36.5 Å². The number of nitrogens with zero attached hydrogens (tertiary/aromatic N) is 2. The Kier molecular flexibility index (Phi) is 4.21. The highest BCUT2D eigenvalue weighted by molar-refractivity contribution is 6.03. The lowest BCUT2D eigenvalue weighted by Crippen LogP contribution is -2.26. The lowest BCUT2D eigenvalue weighted by molar-refractivity contribution is -0.144. The van der Waals surface area contributed by atoms with Crippen LogP contribution in [0.3, 0.4) is 0 Å². The fourth-order valence-corrected chi connectivity index (χ4v) is 2.09. The number of hydrogen-bond donors (Lipinski definition) is 4. The molecule has 1 unspecified atom stereocenters. The minimum Gasteiger partial charge on any atom is -0.481 e. The van der Waals surface area contributed by atoms with Gasteiger partial charge in [0.25, 0.3) is 0 Å². The lowest BCUT2D eigenvalue weighted by atomic mass is 10.1. The molecule has 0 saturated heterocycles. The third kappa shape index (κ3) is 3.50. The van der Waals surface area contributed by atoms with Gasteiger partial charge in [0.05, 0.1) is 5.39 Å². The van der Waals surface area contributed by atoms with Crippen LogP contribution in [0.1, 0.15) is 6.92 Å². The van der Waals surface area contributed by atoms with Gasteiger partial charge >= 0.3 is 5.97 Å². The number of carbonyl (C=O) groups excluding carboxylic acids is 1. The molecule has 0 aliphatic heterocycles. The van der Waals surface area contributed by atoms with Crippen LogP contribution < -0.4 is 15.8 Å². The quantitative estimate of drug-likeness (QED) is 0.519. The van der Waals surface area contributed by atoms with E-state index >= 15 is 0 Å². The van der Waals surface area contributed by atoms with Crippen molar-refractivity contribution < 1.29 is 19.4 Å².